The van der Waals surface area contributed by atoms with Crippen LogP contribution in [-0.4, -0.2) is 18.4 Å². The van der Waals surface area contributed by atoms with Gasteiger partial charge in [0.15, 0.2) is 5.96 Å². The van der Waals surface area contributed by atoms with Crippen LogP contribution in [0.1, 0.15) is 19.4 Å². The van der Waals surface area contributed by atoms with E-state index in [0.717, 1.165) is 0 Å². The van der Waals surface area contributed by atoms with Crippen LogP contribution in [-0.2, 0) is 10.3 Å². The van der Waals surface area contributed by atoms with Crippen molar-refractivity contribution in [3.63, 3.8) is 0 Å². The molecular weight excluding hydrogens is 273 g/mol. The summed E-state index contributed by atoms with van der Waals surface area (Å²) < 4.78 is 0. The molecule has 1 aromatic carbocycles. The van der Waals surface area contributed by atoms with E-state index in [1.165, 1.54) is 0 Å². The maximum Gasteiger partial charge on any atom is 0.256 e. The third-order valence-electron chi connectivity index (χ3n) is 2.86. The first-order valence-corrected chi connectivity index (χ1v) is 6.33. The molecule has 2 N–H and O–H groups in total. The van der Waals surface area contributed by atoms with Crippen molar-refractivity contribution in [2.75, 3.05) is 6.54 Å². The number of guanidine groups is 1. The molecule has 1 saturated heterocycles. The molecule has 1 aromatic rings. The Hall–Kier alpha value is -1.26. The van der Waals surface area contributed by atoms with Crippen molar-refractivity contribution in [3.8, 4) is 0 Å². The Morgan fingerprint density at radius 2 is 2.11 bits per heavy atom. The number of hydrogen-bond acceptors (Lipinski definition) is 2. The average Bonchev–Trinajstić information content (AvgIpc) is 2.59. The highest BCUT2D eigenvalue weighted by Gasteiger charge is 2.43. The lowest BCUT2D eigenvalue weighted by molar-refractivity contribution is -0.123. The summed E-state index contributed by atoms with van der Waals surface area (Å²) in [4.78, 5) is 16.2. The van der Waals surface area contributed by atoms with E-state index in [2.05, 4.69) is 15.6 Å². The molecule has 0 bridgehead atoms. The molecule has 0 radical (unpaired) electrons. The zero-order valence-corrected chi connectivity index (χ0v) is 11.6. The topological polar surface area (TPSA) is 53.5 Å². The first-order valence-electron chi connectivity index (χ1n) is 5.57. The van der Waals surface area contributed by atoms with Gasteiger partial charge in [0.25, 0.3) is 5.91 Å². The van der Waals surface area contributed by atoms with E-state index < -0.39 is 5.54 Å². The van der Waals surface area contributed by atoms with Gasteiger partial charge in [-0.25, -0.2) is 0 Å². The van der Waals surface area contributed by atoms with E-state index in [1.807, 2.05) is 6.92 Å². The Morgan fingerprint density at radius 3 is 2.78 bits per heavy atom. The summed E-state index contributed by atoms with van der Waals surface area (Å²) in [6, 6.07) is 5.22. The van der Waals surface area contributed by atoms with Crippen molar-refractivity contribution in [3.05, 3.63) is 33.8 Å². The van der Waals surface area contributed by atoms with Gasteiger partial charge in [0.2, 0.25) is 0 Å². The minimum atomic E-state index is -0.948. The normalized spacial score (nSPS) is 25.1. The summed E-state index contributed by atoms with van der Waals surface area (Å²) in [7, 11) is 0. The summed E-state index contributed by atoms with van der Waals surface area (Å²) >= 11 is 12.1. The number of rotatable bonds is 2. The highest BCUT2D eigenvalue weighted by Crippen LogP contribution is 2.34. The van der Waals surface area contributed by atoms with E-state index in [0.29, 0.717) is 28.1 Å². The van der Waals surface area contributed by atoms with Crippen LogP contribution in [0.5, 0.6) is 0 Å². The van der Waals surface area contributed by atoms with E-state index in [1.54, 1.807) is 25.1 Å². The number of benzene rings is 1. The van der Waals surface area contributed by atoms with Crippen LogP contribution in [0, 0.1) is 0 Å². The zero-order valence-electron chi connectivity index (χ0n) is 10.1. The molecule has 1 unspecified atom stereocenters. The molecular formula is C12H13Cl2N3O. The van der Waals surface area contributed by atoms with E-state index >= 15 is 0 Å². The number of nitrogens with one attached hydrogen (secondary N) is 2. The molecule has 1 atom stereocenters. The lowest BCUT2D eigenvalue weighted by atomic mass is 9.92. The van der Waals surface area contributed by atoms with E-state index in [9.17, 15) is 4.79 Å². The lowest BCUT2D eigenvalue weighted by Gasteiger charge is -2.23. The predicted octanol–water partition coefficient (Wildman–Crippen LogP) is 2.30. The molecule has 6 heteroatoms. The Bertz CT molecular complexity index is 530. The van der Waals surface area contributed by atoms with Gasteiger partial charge in [0, 0.05) is 12.1 Å². The molecule has 2 rings (SSSR count). The quantitative estimate of drug-likeness (QED) is 0.876. The van der Waals surface area contributed by atoms with Crippen LogP contribution >= 0.6 is 23.2 Å². The second kappa shape index (κ2) is 4.78. The van der Waals surface area contributed by atoms with E-state index in [4.69, 9.17) is 23.2 Å². The standard InChI is InChI=1S/C12H13Cl2N3O/c1-3-15-11-16-10(18)12(2,17-11)7-5-4-6-8(13)9(7)14/h4-6H,3H2,1-2H3,(H2,15,16,17,18). The van der Waals surface area contributed by atoms with Crippen LogP contribution in [0.2, 0.25) is 10.0 Å². The molecule has 18 heavy (non-hydrogen) atoms. The van der Waals surface area contributed by atoms with E-state index in [-0.39, 0.29) is 5.91 Å². The largest absolute Gasteiger partial charge is 0.338 e. The second-order valence-corrected chi connectivity index (χ2v) is 4.91. The summed E-state index contributed by atoms with van der Waals surface area (Å²) in [5.41, 5.74) is -0.314. The molecule has 0 aromatic heterocycles. The van der Waals surface area contributed by atoms with Crippen molar-refractivity contribution in [2.45, 2.75) is 19.4 Å². The van der Waals surface area contributed by atoms with Crippen molar-refractivity contribution >= 4 is 35.1 Å². The lowest BCUT2D eigenvalue weighted by Crippen LogP contribution is -2.41. The van der Waals surface area contributed by atoms with Gasteiger partial charge >= 0.3 is 0 Å². The smallest absolute Gasteiger partial charge is 0.256 e. The molecule has 1 aliphatic rings. The van der Waals surface area contributed by atoms with Crippen LogP contribution < -0.4 is 10.6 Å². The van der Waals surface area contributed by atoms with Gasteiger partial charge in [-0.3, -0.25) is 15.1 Å². The van der Waals surface area contributed by atoms with Crippen molar-refractivity contribution < 1.29 is 4.79 Å². The Kier molecular flexibility index (Phi) is 3.50. The highest BCUT2D eigenvalue weighted by molar-refractivity contribution is 6.42. The number of aliphatic imine (C=N–C) groups is 1. The molecule has 0 aliphatic carbocycles. The summed E-state index contributed by atoms with van der Waals surface area (Å²) in [5.74, 6) is 0.264. The van der Waals surface area contributed by atoms with Crippen LogP contribution in [0.25, 0.3) is 0 Å². The Balaban J connectivity index is 2.46. The molecule has 1 amide bonds. The highest BCUT2D eigenvalue weighted by atomic mass is 35.5. The van der Waals surface area contributed by atoms with Gasteiger partial charge in [-0.1, -0.05) is 35.3 Å². The van der Waals surface area contributed by atoms with Gasteiger partial charge in [-0.05, 0) is 19.9 Å². The SMILES string of the molecule is CCN=C1NC(=O)C(C)(c2cccc(Cl)c2Cl)N1. The minimum Gasteiger partial charge on any atom is -0.338 e. The van der Waals surface area contributed by atoms with Crippen LogP contribution in [0.3, 0.4) is 0 Å². The minimum absolute atomic E-state index is 0.195. The average molecular weight is 286 g/mol. The van der Waals surface area contributed by atoms with Crippen molar-refractivity contribution in [1.29, 1.82) is 0 Å². The number of nitrogens with zero attached hydrogens (tertiary/aromatic N) is 1. The number of carbonyl (C=O) groups excluding carboxylic acids is 1. The number of halogens is 2. The van der Waals surface area contributed by atoms with Gasteiger partial charge < -0.3 is 5.32 Å². The fourth-order valence-electron chi connectivity index (χ4n) is 1.87. The van der Waals surface area contributed by atoms with Gasteiger partial charge in [-0.15, -0.1) is 0 Å². The third-order valence-corrected chi connectivity index (χ3v) is 3.68. The van der Waals surface area contributed by atoms with Gasteiger partial charge in [0.1, 0.15) is 5.54 Å². The van der Waals surface area contributed by atoms with Gasteiger partial charge in [0.05, 0.1) is 10.0 Å². The maximum absolute atomic E-state index is 12.1. The first kappa shape index (κ1) is 13.2. The molecule has 96 valence electrons. The molecule has 1 aliphatic heterocycles. The summed E-state index contributed by atoms with van der Waals surface area (Å²) in [6.07, 6.45) is 0. The zero-order chi connectivity index (χ0) is 13.3. The van der Waals surface area contributed by atoms with Crippen LogP contribution in [0.15, 0.2) is 23.2 Å². The number of carbonyl (C=O) groups is 1. The molecule has 1 fully saturated rings. The molecule has 0 saturated carbocycles. The molecule has 0 spiro atoms. The molecule has 4 nitrogen and oxygen atoms in total. The monoisotopic (exact) mass is 285 g/mol. The maximum atomic E-state index is 12.1. The summed E-state index contributed by atoms with van der Waals surface area (Å²) in [6.45, 7) is 4.23. The fraction of sp³-hybridized carbons (Fsp3) is 0.333. The number of amides is 1. The fourth-order valence-corrected chi connectivity index (χ4v) is 2.36. The summed E-state index contributed by atoms with van der Waals surface area (Å²) in [5, 5.41) is 6.54. The number of hydrogen-bond donors (Lipinski definition) is 2. The van der Waals surface area contributed by atoms with Gasteiger partial charge in [-0.2, -0.15) is 0 Å². The predicted molar refractivity (Wildman–Crippen MR) is 73.1 cm³/mol. The Morgan fingerprint density at radius 1 is 1.39 bits per heavy atom. The van der Waals surface area contributed by atoms with Crippen molar-refractivity contribution in [2.24, 2.45) is 4.99 Å². The van der Waals surface area contributed by atoms with Crippen molar-refractivity contribution in [1.82, 2.24) is 10.6 Å². The Labute approximate surface area is 115 Å². The molecule has 1 heterocycles. The van der Waals surface area contributed by atoms with Crippen LogP contribution in [0.4, 0.5) is 0 Å². The third kappa shape index (κ3) is 2.06. The second-order valence-electron chi connectivity index (χ2n) is 4.13. The first-order chi connectivity index (χ1) is 8.49.